The maximum atomic E-state index is 5.25. The first-order valence-electron chi connectivity index (χ1n) is 18.0. The lowest BCUT2D eigenvalue weighted by Gasteiger charge is -2.30. The predicted molar refractivity (Wildman–Crippen MR) is 221 cm³/mol. The van der Waals surface area contributed by atoms with Gasteiger partial charge in [0.25, 0.3) is 0 Å². The molecule has 0 fully saturated rings. The van der Waals surface area contributed by atoms with E-state index in [1.54, 1.807) is 0 Å². The molecule has 0 N–H and O–H groups in total. The molecule has 4 nitrogen and oxygen atoms in total. The van der Waals surface area contributed by atoms with Crippen molar-refractivity contribution in [1.82, 2.24) is 19.9 Å². The van der Waals surface area contributed by atoms with Crippen molar-refractivity contribution in [2.75, 3.05) is 0 Å². The van der Waals surface area contributed by atoms with E-state index < -0.39 is 8.07 Å². The molecule has 11 rings (SSSR count). The second-order valence-corrected chi connectivity index (χ2v) is 17.5. The Bertz CT molecular complexity index is 3000. The normalized spacial score (nSPS) is 13.1. The first-order chi connectivity index (χ1) is 26.3. The van der Waals surface area contributed by atoms with Crippen LogP contribution in [-0.4, -0.2) is 28.0 Å². The van der Waals surface area contributed by atoms with Gasteiger partial charge in [0.2, 0.25) is 0 Å². The van der Waals surface area contributed by atoms with Gasteiger partial charge < -0.3 is 0 Å². The van der Waals surface area contributed by atoms with Gasteiger partial charge in [-0.05, 0) is 94.5 Å². The van der Waals surface area contributed by atoms with Crippen molar-refractivity contribution in [3.63, 3.8) is 0 Å². The summed E-state index contributed by atoms with van der Waals surface area (Å²) in [5, 5.41) is 12.7. The highest BCUT2D eigenvalue weighted by atomic mass is 28.3. The van der Waals surface area contributed by atoms with E-state index in [2.05, 4.69) is 150 Å². The Hall–Kier alpha value is -6.82. The zero-order chi connectivity index (χ0) is 34.9. The van der Waals surface area contributed by atoms with Crippen LogP contribution in [0.1, 0.15) is 0 Å². The molecule has 0 aliphatic carbocycles. The molecule has 1 aliphatic rings. The van der Waals surface area contributed by atoms with Crippen LogP contribution in [0.25, 0.3) is 77.0 Å². The molecule has 10 aromatic rings. The average molecular weight is 691 g/mol. The highest BCUT2D eigenvalue weighted by Crippen LogP contribution is 2.43. The predicted octanol–water partition coefficient (Wildman–Crippen LogP) is 8.57. The number of para-hydroxylation sites is 2. The van der Waals surface area contributed by atoms with Crippen LogP contribution in [0.3, 0.4) is 0 Å². The number of hydrogen-bond acceptors (Lipinski definition) is 4. The molecule has 3 aromatic heterocycles. The maximum Gasteiger partial charge on any atom is 0.183 e. The SMILES string of the molecule is c1ccc(-c2nc3ccccc3nc2-c2ccc3c(c2)c2ccccc2c2c4c(ccc32)[Si](c2cccnc2)(c2cccnc2)c2ccccc2-4)cc1. The van der Waals surface area contributed by atoms with Crippen molar-refractivity contribution in [3.8, 4) is 33.6 Å². The Balaban J connectivity index is 1.24. The summed E-state index contributed by atoms with van der Waals surface area (Å²) in [4.78, 5) is 19.8. The molecular formula is C48H30N4Si. The molecule has 0 saturated heterocycles. The van der Waals surface area contributed by atoms with Crippen LogP contribution >= 0.6 is 0 Å². The van der Waals surface area contributed by atoms with Crippen molar-refractivity contribution in [2.24, 2.45) is 0 Å². The highest BCUT2D eigenvalue weighted by Gasteiger charge is 2.49. The van der Waals surface area contributed by atoms with Gasteiger partial charge in [-0.1, -0.05) is 127 Å². The van der Waals surface area contributed by atoms with Crippen LogP contribution in [0.5, 0.6) is 0 Å². The minimum absolute atomic E-state index is 0.882. The van der Waals surface area contributed by atoms with Gasteiger partial charge in [-0.3, -0.25) is 9.97 Å². The molecule has 0 amide bonds. The van der Waals surface area contributed by atoms with Crippen molar-refractivity contribution < 1.29 is 0 Å². The monoisotopic (exact) mass is 690 g/mol. The zero-order valence-electron chi connectivity index (χ0n) is 28.6. The summed E-state index contributed by atoms with van der Waals surface area (Å²) in [5.41, 5.74) is 8.26. The summed E-state index contributed by atoms with van der Waals surface area (Å²) in [6.45, 7) is 0. The van der Waals surface area contributed by atoms with Crippen LogP contribution in [0.2, 0.25) is 0 Å². The second-order valence-electron chi connectivity index (χ2n) is 13.8. The van der Waals surface area contributed by atoms with E-state index in [0.717, 1.165) is 33.5 Å². The van der Waals surface area contributed by atoms with Gasteiger partial charge in [0.05, 0.1) is 22.4 Å². The molecule has 7 aromatic carbocycles. The third-order valence-corrected chi connectivity index (χ3v) is 15.9. The standard InChI is InChI=1S/C48H30N4Si/c1-2-12-31(13-3-1)47-48(52-42-20-8-7-19-41(42)51-47)32-22-23-36-38-24-25-44-46(45(38)37-17-5-4-16-35(37)40(36)28-32)39-18-6-9-21-43(39)53(44,33-14-10-26-49-29-33)34-15-11-27-50-30-34/h1-30H. The van der Waals surface area contributed by atoms with E-state index in [1.165, 1.54) is 64.2 Å². The molecule has 0 bridgehead atoms. The number of nitrogens with zero attached hydrogens (tertiary/aromatic N) is 4. The summed E-state index contributed by atoms with van der Waals surface area (Å²) in [6.07, 6.45) is 7.90. The molecule has 0 atom stereocenters. The molecule has 0 radical (unpaired) electrons. The Labute approximate surface area is 307 Å². The van der Waals surface area contributed by atoms with Gasteiger partial charge in [-0.15, -0.1) is 0 Å². The van der Waals surface area contributed by atoms with E-state index >= 15 is 0 Å². The fourth-order valence-corrected chi connectivity index (χ4v) is 13.9. The number of hydrogen-bond donors (Lipinski definition) is 0. The molecule has 53 heavy (non-hydrogen) atoms. The van der Waals surface area contributed by atoms with Gasteiger partial charge in [-0.2, -0.15) is 0 Å². The van der Waals surface area contributed by atoms with Crippen LogP contribution in [-0.2, 0) is 0 Å². The Morgan fingerprint density at radius 1 is 0.396 bits per heavy atom. The van der Waals surface area contributed by atoms with E-state index in [9.17, 15) is 0 Å². The quantitative estimate of drug-likeness (QED) is 0.137. The second kappa shape index (κ2) is 11.6. The lowest BCUT2D eigenvalue weighted by atomic mass is 9.88. The van der Waals surface area contributed by atoms with E-state index in [0.29, 0.717) is 0 Å². The van der Waals surface area contributed by atoms with Crippen molar-refractivity contribution in [1.29, 1.82) is 0 Å². The molecule has 0 spiro atoms. The van der Waals surface area contributed by atoms with Gasteiger partial charge in [0, 0.05) is 35.9 Å². The summed E-state index contributed by atoms with van der Waals surface area (Å²) < 4.78 is 0. The largest absolute Gasteiger partial charge is 0.265 e. The van der Waals surface area contributed by atoms with E-state index in [4.69, 9.17) is 9.97 Å². The number of aromatic nitrogens is 4. The molecule has 246 valence electrons. The van der Waals surface area contributed by atoms with Crippen molar-refractivity contribution in [2.45, 2.75) is 0 Å². The lowest BCUT2D eigenvalue weighted by Crippen LogP contribution is -2.73. The van der Waals surface area contributed by atoms with Gasteiger partial charge in [-0.25, -0.2) is 9.97 Å². The number of benzene rings is 7. The first kappa shape index (κ1) is 29.9. The molecular weight excluding hydrogens is 661 g/mol. The Morgan fingerprint density at radius 3 is 1.70 bits per heavy atom. The fraction of sp³-hybridized carbons (Fsp3) is 0. The smallest absolute Gasteiger partial charge is 0.183 e. The molecule has 1 aliphatic heterocycles. The van der Waals surface area contributed by atoms with Crippen molar-refractivity contribution >= 4 is 72.2 Å². The highest BCUT2D eigenvalue weighted by molar-refractivity contribution is 7.22. The summed E-state index contributed by atoms with van der Waals surface area (Å²) in [5.74, 6) is 0. The summed E-state index contributed by atoms with van der Waals surface area (Å²) in [6, 6.07) is 56.8. The topological polar surface area (TPSA) is 51.6 Å². The van der Waals surface area contributed by atoms with Crippen molar-refractivity contribution in [3.05, 3.63) is 183 Å². The molecule has 5 heteroatoms. The number of pyridine rings is 2. The number of rotatable bonds is 4. The zero-order valence-corrected chi connectivity index (χ0v) is 29.6. The first-order valence-corrected chi connectivity index (χ1v) is 20.0. The maximum absolute atomic E-state index is 5.25. The van der Waals surface area contributed by atoms with Crippen LogP contribution in [0.4, 0.5) is 0 Å². The number of fused-ring (bicyclic) bond motifs is 11. The van der Waals surface area contributed by atoms with Gasteiger partial charge >= 0.3 is 0 Å². The van der Waals surface area contributed by atoms with Crippen LogP contribution in [0.15, 0.2) is 183 Å². The van der Waals surface area contributed by atoms with Crippen LogP contribution in [0, 0.1) is 0 Å². The summed E-state index contributed by atoms with van der Waals surface area (Å²) in [7, 11) is -2.75. The third-order valence-electron chi connectivity index (χ3n) is 11.1. The Kier molecular flexibility index (Phi) is 6.54. The van der Waals surface area contributed by atoms with Crippen LogP contribution < -0.4 is 20.7 Å². The molecule has 4 heterocycles. The molecule has 0 unspecified atom stereocenters. The molecule has 0 saturated carbocycles. The minimum Gasteiger partial charge on any atom is -0.265 e. The van der Waals surface area contributed by atoms with E-state index in [1.807, 2.05) is 42.7 Å². The lowest BCUT2D eigenvalue weighted by molar-refractivity contribution is 1.29. The Morgan fingerprint density at radius 2 is 0.981 bits per heavy atom. The fourth-order valence-electron chi connectivity index (χ4n) is 8.91. The third kappa shape index (κ3) is 4.29. The minimum atomic E-state index is -2.75. The van der Waals surface area contributed by atoms with Gasteiger partial charge in [0.15, 0.2) is 8.07 Å². The van der Waals surface area contributed by atoms with Gasteiger partial charge in [0.1, 0.15) is 0 Å². The van der Waals surface area contributed by atoms with E-state index in [-0.39, 0.29) is 0 Å². The summed E-state index contributed by atoms with van der Waals surface area (Å²) >= 11 is 0. The average Bonchev–Trinajstić information content (AvgIpc) is 3.55.